The van der Waals surface area contributed by atoms with Crippen molar-refractivity contribution in [3.8, 4) is 6.07 Å². The average molecular weight is 277 g/mol. The molecule has 1 aliphatic heterocycles. The fourth-order valence-corrected chi connectivity index (χ4v) is 2.51. The highest BCUT2D eigenvalue weighted by Crippen LogP contribution is 2.25. The number of furan rings is 1. The predicted molar refractivity (Wildman–Crippen MR) is 73.2 cm³/mol. The summed E-state index contributed by atoms with van der Waals surface area (Å²) in [7, 11) is 0. The van der Waals surface area contributed by atoms with Crippen molar-refractivity contribution in [3.05, 3.63) is 16.9 Å². The van der Waals surface area contributed by atoms with E-state index in [1.807, 2.05) is 11.0 Å². The monoisotopic (exact) mass is 277 g/mol. The average Bonchev–Trinajstić information content (AvgIpc) is 2.95. The minimum absolute atomic E-state index is 0.0521. The summed E-state index contributed by atoms with van der Waals surface area (Å²) in [6, 6.07) is 2.09. The molecule has 6 nitrogen and oxygen atoms in total. The minimum Gasteiger partial charge on any atom is -0.444 e. The third-order valence-corrected chi connectivity index (χ3v) is 3.81. The first-order valence-corrected chi connectivity index (χ1v) is 6.71. The van der Waals surface area contributed by atoms with Crippen LogP contribution >= 0.6 is 0 Å². The molecule has 0 saturated carbocycles. The van der Waals surface area contributed by atoms with Crippen LogP contribution in [0.25, 0.3) is 0 Å². The Hall–Kier alpha value is -1.84. The van der Waals surface area contributed by atoms with Crippen molar-refractivity contribution in [3.63, 3.8) is 0 Å². The van der Waals surface area contributed by atoms with Gasteiger partial charge in [0.25, 0.3) is 0 Å². The lowest BCUT2D eigenvalue weighted by Gasteiger charge is -2.21. The van der Waals surface area contributed by atoms with Gasteiger partial charge in [-0.3, -0.25) is 15.0 Å². The van der Waals surface area contributed by atoms with Crippen LogP contribution < -0.4 is 5.32 Å². The maximum Gasteiger partial charge on any atom is 0.240 e. The van der Waals surface area contributed by atoms with Gasteiger partial charge in [0.2, 0.25) is 11.8 Å². The first-order chi connectivity index (χ1) is 9.56. The number of nitriles is 1. The van der Waals surface area contributed by atoms with Crippen LogP contribution in [0.3, 0.4) is 0 Å². The SMILES string of the molecule is Cc1oc(NC(=O)CN2CCC[C@H]2CO)c(C#N)c1C. The predicted octanol–water partition coefficient (Wildman–Crippen LogP) is 1.16. The Bertz CT molecular complexity index is 545. The zero-order chi connectivity index (χ0) is 14.7. The van der Waals surface area contributed by atoms with Gasteiger partial charge in [0.05, 0.1) is 13.2 Å². The summed E-state index contributed by atoms with van der Waals surface area (Å²) in [6.07, 6.45) is 1.90. The molecule has 6 heteroatoms. The number of carbonyl (C=O) groups excluding carboxylic acids is 1. The molecule has 20 heavy (non-hydrogen) atoms. The van der Waals surface area contributed by atoms with Crippen molar-refractivity contribution in [2.24, 2.45) is 0 Å². The normalized spacial score (nSPS) is 19.0. The second-order valence-corrected chi connectivity index (χ2v) is 5.10. The second-order valence-electron chi connectivity index (χ2n) is 5.10. The third kappa shape index (κ3) is 2.84. The van der Waals surface area contributed by atoms with Crippen LogP contribution in [0.15, 0.2) is 4.42 Å². The number of amides is 1. The number of hydrogen-bond acceptors (Lipinski definition) is 5. The molecule has 108 valence electrons. The Morgan fingerprint density at radius 1 is 1.60 bits per heavy atom. The van der Waals surface area contributed by atoms with Gasteiger partial charge >= 0.3 is 0 Å². The van der Waals surface area contributed by atoms with Crippen LogP contribution in [0.4, 0.5) is 5.88 Å². The van der Waals surface area contributed by atoms with Gasteiger partial charge in [0, 0.05) is 11.6 Å². The molecule has 1 aromatic rings. The molecule has 1 atom stereocenters. The van der Waals surface area contributed by atoms with Gasteiger partial charge in [-0.2, -0.15) is 5.26 Å². The summed E-state index contributed by atoms with van der Waals surface area (Å²) < 4.78 is 5.40. The van der Waals surface area contributed by atoms with E-state index in [1.54, 1.807) is 13.8 Å². The first kappa shape index (κ1) is 14.6. The van der Waals surface area contributed by atoms with Gasteiger partial charge in [-0.1, -0.05) is 0 Å². The molecule has 0 aliphatic carbocycles. The molecular formula is C14H19N3O3. The Labute approximate surface area is 118 Å². The first-order valence-electron chi connectivity index (χ1n) is 6.71. The van der Waals surface area contributed by atoms with Crippen LogP contribution in [0, 0.1) is 25.2 Å². The fraction of sp³-hybridized carbons (Fsp3) is 0.571. The lowest BCUT2D eigenvalue weighted by Crippen LogP contribution is -2.38. The standard InChI is InChI=1S/C14H19N3O3/c1-9-10(2)20-14(12(9)6-15)16-13(19)7-17-5-3-4-11(17)8-18/h11,18H,3-5,7-8H2,1-2H3,(H,16,19)/t11-/m0/s1. The second kappa shape index (κ2) is 6.07. The van der Waals surface area contributed by atoms with Crippen LogP contribution in [-0.2, 0) is 4.79 Å². The quantitative estimate of drug-likeness (QED) is 0.862. The largest absolute Gasteiger partial charge is 0.444 e. The van der Waals surface area contributed by atoms with Gasteiger partial charge in [-0.05, 0) is 33.2 Å². The zero-order valence-electron chi connectivity index (χ0n) is 11.8. The molecule has 1 aliphatic rings. The number of rotatable bonds is 4. The lowest BCUT2D eigenvalue weighted by molar-refractivity contribution is -0.117. The Kier molecular flexibility index (Phi) is 4.42. The van der Waals surface area contributed by atoms with Gasteiger partial charge < -0.3 is 9.52 Å². The van der Waals surface area contributed by atoms with Crippen LogP contribution in [-0.4, -0.2) is 41.7 Å². The summed E-state index contributed by atoms with van der Waals surface area (Å²) in [5.74, 6) is 0.620. The number of carbonyl (C=O) groups is 1. The highest BCUT2D eigenvalue weighted by atomic mass is 16.4. The van der Waals surface area contributed by atoms with Crippen molar-refractivity contribution >= 4 is 11.8 Å². The lowest BCUT2D eigenvalue weighted by atomic mass is 10.2. The molecule has 1 saturated heterocycles. The van der Waals surface area contributed by atoms with E-state index in [0.29, 0.717) is 11.3 Å². The molecule has 1 aromatic heterocycles. The number of aliphatic hydroxyl groups is 1. The van der Waals surface area contributed by atoms with Crippen molar-refractivity contribution in [2.75, 3.05) is 25.0 Å². The van der Waals surface area contributed by atoms with E-state index < -0.39 is 0 Å². The number of anilines is 1. The van der Waals surface area contributed by atoms with E-state index in [-0.39, 0.29) is 31.0 Å². The molecule has 0 radical (unpaired) electrons. The number of likely N-dealkylation sites (tertiary alicyclic amines) is 1. The summed E-state index contributed by atoms with van der Waals surface area (Å²) in [4.78, 5) is 14.0. The van der Waals surface area contributed by atoms with Gasteiger partial charge in [0.1, 0.15) is 17.4 Å². The molecule has 1 amide bonds. The maximum atomic E-state index is 12.0. The van der Waals surface area contributed by atoms with Crippen molar-refractivity contribution in [1.29, 1.82) is 5.26 Å². The minimum atomic E-state index is -0.226. The smallest absolute Gasteiger partial charge is 0.240 e. The van der Waals surface area contributed by atoms with Gasteiger partial charge in [0.15, 0.2) is 0 Å². The number of nitrogens with one attached hydrogen (secondary N) is 1. The molecular weight excluding hydrogens is 258 g/mol. The molecule has 0 aromatic carbocycles. The van der Waals surface area contributed by atoms with E-state index in [9.17, 15) is 9.90 Å². The van der Waals surface area contributed by atoms with Gasteiger partial charge in [-0.25, -0.2) is 0 Å². The Morgan fingerprint density at radius 3 is 3.00 bits per heavy atom. The van der Waals surface area contributed by atoms with Crippen LogP contribution in [0.2, 0.25) is 0 Å². The highest BCUT2D eigenvalue weighted by Gasteiger charge is 2.26. The molecule has 1 fully saturated rings. The van der Waals surface area contributed by atoms with Crippen molar-refractivity contribution in [1.82, 2.24) is 4.90 Å². The van der Waals surface area contributed by atoms with E-state index in [2.05, 4.69) is 5.32 Å². The van der Waals surface area contributed by atoms with Crippen LogP contribution in [0.5, 0.6) is 0 Å². The molecule has 0 unspecified atom stereocenters. The summed E-state index contributed by atoms with van der Waals surface area (Å²) in [5.41, 5.74) is 1.12. The topological polar surface area (TPSA) is 89.5 Å². The molecule has 2 N–H and O–H groups in total. The third-order valence-electron chi connectivity index (χ3n) is 3.81. The number of aliphatic hydroxyl groups excluding tert-OH is 1. The molecule has 2 rings (SSSR count). The van der Waals surface area contributed by atoms with E-state index in [4.69, 9.17) is 9.68 Å². The highest BCUT2D eigenvalue weighted by molar-refractivity contribution is 5.92. The number of aryl methyl sites for hydroxylation is 1. The summed E-state index contributed by atoms with van der Waals surface area (Å²) >= 11 is 0. The van der Waals surface area contributed by atoms with E-state index in [0.717, 1.165) is 24.9 Å². The van der Waals surface area contributed by atoms with Crippen molar-refractivity contribution in [2.45, 2.75) is 32.7 Å². The summed E-state index contributed by atoms with van der Waals surface area (Å²) in [6.45, 7) is 4.62. The zero-order valence-corrected chi connectivity index (χ0v) is 11.8. The Morgan fingerprint density at radius 2 is 2.35 bits per heavy atom. The molecule has 2 heterocycles. The van der Waals surface area contributed by atoms with E-state index in [1.165, 1.54) is 0 Å². The number of nitrogens with zero attached hydrogens (tertiary/aromatic N) is 2. The van der Waals surface area contributed by atoms with Crippen molar-refractivity contribution < 1.29 is 14.3 Å². The molecule has 0 spiro atoms. The van der Waals surface area contributed by atoms with Crippen LogP contribution in [0.1, 0.15) is 29.7 Å². The Balaban J connectivity index is 2.02. The number of hydrogen-bond donors (Lipinski definition) is 2. The van der Waals surface area contributed by atoms with E-state index >= 15 is 0 Å². The maximum absolute atomic E-state index is 12.0. The van der Waals surface area contributed by atoms with Gasteiger partial charge in [-0.15, -0.1) is 0 Å². The summed E-state index contributed by atoms with van der Waals surface area (Å²) in [5, 5.41) is 21.0. The molecule has 0 bridgehead atoms. The fourth-order valence-electron chi connectivity index (χ4n) is 2.51.